The van der Waals surface area contributed by atoms with Crippen molar-refractivity contribution in [3.05, 3.63) is 65.0 Å². The van der Waals surface area contributed by atoms with Gasteiger partial charge in [-0.05, 0) is 48.2 Å². The molecule has 110 valence electrons. The van der Waals surface area contributed by atoms with E-state index in [1.165, 1.54) is 12.1 Å². The van der Waals surface area contributed by atoms with Crippen molar-refractivity contribution in [3.63, 3.8) is 0 Å². The Morgan fingerprint density at radius 1 is 1.29 bits per heavy atom. The van der Waals surface area contributed by atoms with Crippen LogP contribution >= 0.6 is 0 Å². The van der Waals surface area contributed by atoms with E-state index in [-0.39, 0.29) is 5.82 Å². The van der Waals surface area contributed by atoms with E-state index >= 15 is 0 Å². The predicted molar refractivity (Wildman–Crippen MR) is 81.0 cm³/mol. The second-order valence-corrected chi connectivity index (χ2v) is 4.99. The Morgan fingerprint density at radius 2 is 2.00 bits per heavy atom. The number of aryl methyl sites for hydroxylation is 2. The number of carbonyl (C=O) groups is 1. The van der Waals surface area contributed by atoms with Crippen LogP contribution in [0.1, 0.15) is 29.7 Å². The summed E-state index contributed by atoms with van der Waals surface area (Å²) in [5, 5.41) is 12.4. The van der Waals surface area contributed by atoms with Crippen molar-refractivity contribution in [2.45, 2.75) is 26.3 Å². The lowest BCUT2D eigenvalue weighted by atomic mass is 9.98. The first-order valence-corrected chi connectivity index (χ1v) is 6.85. The molecular weight excluding hydrogens is 269 g/mol. The highest BCUT2D eigenvalue weighted by atomic mass is 19.1. The van der Waals surface area contributed by atoms with Gasteiger partial charge in [0, 0.05) is 5.69 Å². The van der Waals surface area contributed by atoms with E-state index in [0.717, 1.165) is 17.5 Å². The summed E-state index contributed by atoms with van der Waals surface area (Å²) in [7, 11) is 0. The fourth-order valence-corrected chi connectivity index (χ4v) is 2.40. The fraction of sp³-hybridized carbons (Fsp3) is 0.235. The van der Waals surface area contributed by atoms with E-state index < -0.39 is 12.0 Å². The van der Waals surface area contributed by atoms with E-state index in [1.54, 1.807) is 19.1 Å². The molecule has 0 aliphatic rings. The van der Waals surface area contributed by atoms with Gasteiger partial charge in [-0.15, -0.1) is 0 Å². The third-order valence-corrected chi connectivity index (χ3v) is 3.35. The number of hydrogen-bond acceptors (Lipinski definition) is 2. The van der Waals surface area contributed by atoms with Crippen LogP contribution in [0.2, 0.25) is 0 Å². The maximum absolute atomic E-state index is 13.4. The minimum absolute atomic E-state index is 0.384. The van der Waals surface area contributed by atoms with Gasteiger partial charge in [0.1, 0.15) is 5.82 Å². The molecule has 2 N–H and O–H groups in total. The summed E-state index contributed by atoms with van der Waals surface area (Å²) < 4.78 is 13.4. The molecule has 3 nitrogen and oxygen atoms in total. The van der Waals surface area contributed by atoms with E-state index in [9.17, 15) is 14.3 Å². The molecule has 1 atom stereocenters. The number of rotatable bonds is 5. The van der Waals surface area contributed by atoms with E-state index in [1.807, 2.05) is 25.1 Å². The number of halogens is 1. The standard InChI is InChI=1S/C17H18FNO2/c1-3-12-6-4-5-7-15(12)16(17(20)21)19-14-9-11(2)8-13(18)10-14/h4-10,16,19H,3H2,1-2H3,(H,20,21). The molecule has 0 aliphatic carbocycles. The third-order valence-electron chi connectivity index (χ3n) is 3.35. The van der Waals surface area contributed by atoms with Crippen molar-refractivity contribution in [2.75, 3.05) is 5.32 Å². The molecule has 0 saturated carbocycles. The molecular formula is C17H18FNO2. The van der Waals surface area contributed by atoms with E-state index in [2.05, 4.69) is 5.32 Å². The van der Waals surface area contributed by atoms with Gasteiger partial charge in [-0.3, -0.25) is 0 Å². The van der Waals surface area contributed by atoms with E-state index in [0.29, 0.717) is 11.3 Å². The first-order valence-electron chi connectivity index (χ1n) is 6.85. The zero-order valence-corrected chi connectivity index (χ0v) is 12.1. The Labute approximate surface area is 123 Å². The summed E-state index contributed by atoms with van der Waals surface area (Å²) in [5.74, 6) is -1.37. The molecule has 0 amide bonds. The van der Waals surface area contributed by atoms with Crippen LogP contribution < -0.4 is 5.32 Å². The molecule has 0 spiro atoms. The quantitative estimate of drug-likeness (QED) is 0.876. The van der Waals surface area contributed by atoms with Gasteiger partial charge in [0.15, 0.2) is 6.04 Å². The summed E-state index contributed by atoms with van der Waals surface area (Å²) in [4.78, 5) is 11.6. The Bertz CT molecular complexity index is 635. The fourth-order valence-electron chi connectivity index (χ4n) is 2.40. The lowest BCUT2D eigenvalue weighted by molar-refractivity contribution is -0.138. The Morgan fingerprint density at radius 3 is 2.62 bits per heavy atom. The Hall–Kier alpha value is -2.36. The second-order valence-electron chi connectivity index (χ2n) is 4.99. The zero-order valence-electron chi connectivity index (χ0n) is 12.1. The van der Waals surface area contributed by atoms with Gasteiger partial charge in [0.25, 0.3) is 0 Å². The molecule has 4 heteroatoms. The summed E-state index contributed by atoms with van der Waals surface area (Å²) in [6.07, 6.45) is 0.740. The number of aliphatic carboxylic acids is 1. The maximum Gasteiger partial charge on any atom is 0.330 e. The minimum Gasteiger partial charge on any atom is -0.479 e. The van der Waals surface area contributed by atoms with Crippen molar-refractivity contribution >= 4 is 11.7 Å². The molecule has 2 aromatic rings. The molecule has 0 saturated heterocycles. The van der Waals surface area contributed by atoms with Crippen LogP contribution in [0.25, 0.3) is 0 Å². The number of hydrogen-bond donors (Lipinski definition) is 2. The van der Waals surface area contributed by atoms with Crippen LogP contribution in [0, 0.1) is 12.7 Å². The summed E-state index contributed by atoms with van der Waals surface area (Å²) in [6.45, 7) is 3.74. The molecule has 2 rings (SSSR count). The lowest BCUT2D eigenvalue weighted by Crippen LogP contribution is -2.22. The van der Waals surface area contributed by atoms with Crippen LogP contribution in [0.15, 0.2) is 42.5 Å². The van der Waals surface area contributed by atoms with Crippen molar-refractivity contribution in [2.24, 2.45) is 0 Å². The molecule has 0 fully saturated rings. The maximum atomic E-state index is 13.4. The van der Waals surface area contributed by atoms with Crippen LogP contribution in [-0.2, 0) is 11.2 Å². The highest BCUT2D eigenvalue weighted by Gasteiger charge is 2.22. The third kappa shape index (κ3) is 3.60. The zero-order chi connectivity index (χ0) is 15.4. The van der Waals surface area contributed by atoms with Crippen molar-refractivity contribution in [1.29, 1.82) is 0 Å². The normalized spacial score (nSPS) is 12.0. The summed E-state index contributed by atoms with van der Waals surface area (Å²) in [5.41, 5.74) is 2.87. The topological polar surface area (TPSA) is 49.3 Å². The number of benzene rings is 2. The summed E-state index contributed by atoms with van der Waals surface area (Å²) >= 11 is 0. The van der Waals surface area contributed by atoms with Gasteiger partial charge in [-0.1, -0.05) is 31.2 Å². The van der Waals surface area contributed by atoms with Crippen molar-refractivity contribution < 1.29 is 14.3 Å². The molecule has 1 unspecified atom stereocenters. The number of carboxylic acid groups (broad SMARTS) is 1. The van der Waals surface area contributed by atoms with Gasteiger partial charge in [0.05, 0.1) is 0 Å². The smallest absolute Gasteiger partial charge is 0.330 e. The average Bonchev–Trinajstić information content (AvgIpc) is 2.43. The minimum atomic E-state index is -0.988. The first kappa shape index (κ1) is 15.0. The highest BCUT2D eigenvalue weighted by molar-refractivity contribution is 5.80. The Kier molecular flexibility index (Phi) is 4.58. The highest BCUT2D eigenvalue weighted by Crippen LogP contribution is 2.24. The van der Waals surface area contributed by atoms with Crippen molar-refractivity contribution in [3.8, 4) is 0 Å². The number of anilines is 1. The Balaban J connectivity index is 2.38. The van der Waals surface area contributed by atoms with E-state index in [4.69, 9.17) is 0 Å². The lowest BCUT2D eigenvalue weighted by Gasteiger charge is -2.19. The van der Waals surface area contributed by atoms with Gasteiger partial charge in [0.2, 0.25) is 0 Å². The average molecular weight is 287 g/mol. The van der Waals surface area contributed by atoms with Crippen LogP contribution in [0.3, 0.4) is 0 Å². The van der Waals surface area contributed by atoms with Gasteiger partial charge in [-0.25, -0.2) is 9.18 Å². The molecule has 0 heterocycles. The summed E-state index contributed by atoms with van der Waals surface area (Å²) in [6, 6.07) is 10.9. The molecule has 0 aromatic heterocycles. The van der Waals surface area contributed by atoms with Gasteiger partial charge < -0.3 is 10.4 Å². The van der Waals surface area contributed by atoms with Crippen LogP contribution in [-0.4, -0.2) is 11.1 Å². The molecule has 21 heavy (non-hydrogen) atoms. The second kappa shape index (κ2) is 6.39. The SMILES string of the molecule is CCc1ccccc1C(Nc1cc(C)cc(F)c1)C(=O)O. The molecule has 0 bridgehead atoms. The largest absolute Gasteiger partial charge is 0.479 e. The predicted octanol–water partition coefficient (Wildman–Crippen LogP) is 3.93. The van der Waals surface area contributed by atoms with Crippen molar-refractivity contribution in [1.82, 2.24) is 0 Å². The molecule has 0 radical (unpaired) electrons. The van der Waals surface area contributed by atoms with Gasteiger partial charge >= 0.3 is 5.97 Å². The molecule has 2 aromatic carbocycles. The van der Waals surface area contributed by atoms with Crippen LogP contribution in [0.4, 0.5) is 10.1 Å². The first-order chi connectivity index (χ1) is 10.0. The number of nitrogens with one attached hydrogen (secondary N) is 1. The molecule has 0 aliphatic heterocycles. The monoisotopic (exact) mass is 287 g/mol. The van der Waals surface area contributed by atoms with Gasteiger partial charge in [-0.2, -0.15) is 0 Å². The number of carboxylic acids is 1. The van der Waals surface area contributed by atoms with Crippen LogP contribution in [0.5, 0.6) is 0 Å².